The number of nitrogens with zero attached hydrogens (tertiary/aromatic N) is 2. The van der Waals surface area contributed by atoms with Gasteiger partial charge >= 0.3 is 6.18 Å². The normalized spacial score (nSPS) is 11.4. The maximum Gasteiger partial charge on any atom is 0.418 e. The van der Waals surface area contributed by atoms with Crippen molar-refractivity contribution >= 4 is 46.0 Å². The monoisotopic (exact) mass is 498 g/mol. The molecule has 180 valence electrons. The molecule has 4 rings (SSSR count). The second-order valence-corrected chi connectivity index (χ2v) is 8.71. The number of para-hydroxylation sites is 3. The number of carbonyl (C=O) groups excluding carboxylic acids is 2. The number of halogens is 3. The summed E-state index contributed by atoms with van der Waals surface area (Å²) >= 11 is 1.14. The van der Waals surface area contributed by atoms with Gasteiger partial charge in [-0.15, -0.1) is 0 Å². The van der Waals surface area contributed by atoms with Gasteiger partial charge in [0.1, 0.15) is 6.54 Å². The Labute approximate surface area is 203 Å². The molecule has 0 bridgehead atoms. The number of benzene rings is 3. The summed E-state index contributed by atoms with van der Waals surface area (Å²) in [6.45, 7) is 1.68. The number of amides is 2. The number of hydrogen-bond donors (Lipinski definition) is 2. The number of aromatic nitrogens is 2. The highest BCUT2D eigenvalue weighted by Crippen LogP contribution is 2.34. The van der Waals surface area contributed by atoms with Crippen LogP contribution in [0.1, 0.15) is 11.1 Å². The Morgan fingerprint density at radius 2 is 1.60 bits per heavy atom. The van der Waals surface area contributed by atoms with E-state index in [1.807, 2.05) is 19.1 Å². The molecule has 0 fully saturated rings. The quantitative estimate of drug-likeness (QED) is 0.319. The van der Waals surface area contributed by atoms with E-state index >= 15 is 0 Å². The van der Waals surface area contributed by atoms with Gasteiger partial charge in [-0.2, -0.15) is 13.2 Å². The van der Waals surface area contributed by atoms with Crippen LogP contribution in [0.25, 0.3) is 11.0 Å². The van der Waals surface area contributed by atoms with Crippen molar-refractivity contribution in [1.29, 1.82) is 0 Å². The van der Waals surface area contributed by atoms with Gasteiger partial charge < -0.3 is 15.2 Å². The molecule has 0 aliphatic heterocycles. The third kappa shape index (κ3) is 6.02. The molecule has 1 aromatic heterocycles. The fourth-order valence-corrected chi connectivity index (χ4v) is 4.27. The predicted octanol–water partition coefficient (Wildman–Crippen LogP) is 5.73. The molecule has 4 aromatic rings. The largest absolute Gasteiger partial charge is 0.418 e. The Kier molecular flexibility index (Phi) is 7.11. The molecule has 10 heteroatoms. The lowest BCUT2D eigenvalue weighted by atomic mass is 10.1. The van der Waals surface area contributed by atoms with E-state index in [9.17, 15) is 22.8 Å². The summed E-state index contributed by atoms with van der Waals surface area (Å²) in [5.74, 6) is -0.854. The number of hydrogen-bond acceptors (Lipinski definition) is 4. The molecule has 3 aromatic carbocycles. The van der Waals surface area contributed by atoms with Crippen LogP contribution in [-0.4, -0.2) is 27.1 Å². The van der Waals surface area contributed by atoms with Crippen LogP contribution in [-0.2, 0) is 22.3 Å². The molecular weight excluding hydrogens is 477 g/mol. The van der Waals surface area contributed by atoms with Crippen LogP contribution in [0.2, 0.25) is 0 Å². The lowest BCUT2D eigenvalue weighted by Crippen LogP contribution is -2.22. The summed E-state index contributed by atoms with van der Waals surface area (Å²) in [5.41, 5.74) is 1.73. The second kappa shape index (κ2) is 10.2. The summed E-state index contributed by atoms with van der Waals surface area (Å²) < 4.78 is 41.5. The number of thioether (sulfide) groups is 1. The Hall–Kier alpha value is -3.79. The van der Waals surface area contributed by atoms with Crippen LogP contribution >= 0.6 is 11.8 Å². The van der Waals surface area contributed by atoms with E-state index in [-0.39, 0.29) is 23.9 Å². The first-order valence-electron chi connectivity index (χ1n) is 10.6. The maximum absolute atomic E-state index is 13.3. The molecule has 0 aliphatic carbocycles. The number of rotatable bonds is 7. The van der Waals surface area contributed by atoms with Crippen molar-refractivity contribution in [2.75, 3.05) is 16.4 Å². The SMILES string of the molecule is Cc1ccc(NC(=O)CSc2nc3ccccc3n2CC(=O)Nc2ccccc2C(F)(F)F)cc1. The summed E-state index contributed by atoms with van der Waals surface area (Å²) in [6.07, 6.45) is -4.60. The highest BCUT2D eigenvalue weighted by molar-refractivity contribution is 7.99. The van der Waals surface area contributed by atoms with Crippen molar-refractivity contribution in [2.45, 2.75) is 24.8 Å². The molecule has 0 spiro atoms. The van der Waals surface area contributed by atoms with E-state index < -0.39 is 17.6 Å². The number of carbonyl (C=O) groups is 2. The van der Waals surface area contributed by atoms with Gasteiger partial charge in [0.25, 0.3) is 0 Å². The van der Waals surface area contributed by atoms with Crippen molar-refractivity contribution in [1.82, 2.24) is 9.55 Å². The van der Waals surface area contributed by atoms with Crippen molar-refractivity contribution in [2.24, 2.45) is 0 Å². The van der Waals surface area contributed by atoms with E-state index in [0.29, 0.717) is 21.9 Å². The molecule has 6 nitrogen and oxygen atoms in total. The first-order chi connectivity index (χ1) is 16.7. The molecule has 0 saturated heterocycles. The number of nitrogens with one attached hydrogen (secondary N) is 2. The molecule has 35 heavy (non-hydrogen) atoms. The molecule has 2 N–H and O–H groups in total. The van der Waals surface area contributed by atoms with Gasteiger partial charge in [0, 0.05) is 5.69 Å². The topological polar surface area (TPSA) is 76.0 Å². The van der Waals surface area contributed by atoms with Crippen LogP contribution in [0.4, 0.5) is 24.5 Å². The van der Waals surface area contributed by atoms with E-state index in [4.69, 9.17) is 0 Å². The van der Waals surface area contributed by atoms with Crippen molar-refractivity contribution in [3.8, 4) is 0 Å². The Morgan fingerprint density at radius 3 is 2.34 bits per heavy atom. The Balaban J connectivity index is 1.50. The average molecular weight is 499 g/mol. The molecule has 0 unspecified atom stereocenters. The smallest absolute Gasteiger partial charge is 0.325 e. The highest BCUT2D eigenvalue weighted by Gasteiger charge is 2.33. The average Bonchev–Trinajstić information content (AvgIpc) is 3.16. The minimum atomic E-state index is -4.60. The minimum absolute atomic E-state index is 0.0374. The lowest BCUT2D eigenvalue weighted by Gasteiger charge is -2.14. The van der Waals surface area contributed by atoms with Crippen molar-refractivity contribution in [3.05, 3.63) is 83.9 Å². The van der Waals surface area contributed by atoms with Crippen LogP contribution < -0.4 is 10.6 Å². The number of imidazole rings is 1. The summed E-state index contributed by atoms with van der Waals surface area (Å²) in [6, 6.07) is 19.3. The first-order valence-corrected chi connectivity index (χ1v) is 11.6. The lowest BCUT2D eigenvalue weighted by molar-refractivity contribution is -0.137. The van der Waals surface area contributed by atoms with E-state index in [2.05, 4.69) is 15.6 Å². The van der Waals surface area contributed by atoms with Gasteiger partial charge in [-0.3, -0.25) is 9.59 Å². The van der Waals surface area contributed by atoms with E-state index in [0.717, 1.165) is 23.4 Å². The fourth-order valence-electron chi connectivity index (χ4n) is 3.45. The molecule has 0 atom stereocenters. The number of aryl methyl sites for hydroxylation is 1. The number of alkyl halides is 3. The number of fused-ring (bicyclic) bond motifs is 1. The summed E-state index contributed by atoms with van der Waals surface area (Å²) in [7, 11) is 0. The van der Waals surface area contributed by atoms with Crippen LogP contribution in [0.3, 0.4) is 0 Å². The van der Waals surface area contributed by atoms with Gasteiger partial charge in [-0.05, 0) is 43.3 Å². The number of anilines is 2. The van der Waals surface area contributed by atoms with Gasteiger partial charge in [-0.25, -0.2) is 4.98 Å². The molecule has 0 saturated carbocycles. The first kappa shape index (κ1) is 24.3. The predicted molar refractivity (Wildman–Crippen MR) is 130 cm³/mol. The molecular formula is C25H21F3N4O2S. The Bertz CT molecular complexity index is 1370. The van der Waals surface area contributed by atoms with Gasteiger partial charge in [-0.1, -0.05) is 53.7 Å². The molecule has 2 amide bonds. The third-order valence-corrected chi connectivity index (χ3v) is 6.07. The maximum atomic E-state index is 13.3. The second-order valence-electron chi connectivity index (χ2n) is 7.76. The van der Waals surface area contributed by atoms with Gasteiger partial charge in [0.15, 0.2) is 5.16 Å². The fraction of sp³-hybridized carbons (Fsp3) is 0.160. The molecule has 0 radical (unpaired) electrons. The zero-order chi connectivity index (χ0) is 25.0. The van der Waals surface area contributed by atoms with Crippen molar-refractivity contribution in [3.63, 3.8) is 0 Å². The summed E-state index contributed by atoms with van der Waals surface area (Å²) in [4.78, 5) is 29.7. The van der Waals surface area contributed by atoms with E-state index in [1.165, 1.54) is 18.2 Å². The Morgan fingerprint density at radius 1 is 0.914 bits per heavy atom. The van der Waals surface area contributed by atoms with Crippen LogP contribution in [0, 0.1) is 6.92 Å². The standard InChI is InChI=1S/C25H21F3N4O2S/c1-16-10-12-17(13-11-16)29-23(34)15-35-24-31-20-8-4-5-9-21(20)32(24)14-22(33)30-19-7-3-2-6-18(19)25(26,27)28/h2-13H,14-15H2,1H3,(H,29,34)(H,30,33). The highest BCUT2D eigenvalue weighted by atomic mass is 32.2. The zero-order valence-electron chi connectivity index (χ0n) is 18.6. The van der Waals surface area contributed by atoms with Crippen LogP contribution in [0.5, 0.6) is 0 Å². The minimum Gasteiger partial charge on any atom is -0.325 e. The van der Waals surface area contributed by atoms with Gasteiger partial charge in [0.2, 0.25) is 11.8 Å². The van der Waals surface area contributed by atoms with E-state index in [1.54, 1.807) is 41.0 Å². The van der Waals surface area contributed by atoms with Crippen LogP contribution in [0.15, 0.2) is 78.0 Å². The third-order valence-electron chi connectivity index (χ3n) is 5.10. The summed E-state index contributed by atoms with van der Waals surface area (Å²) in [5, 5.41) is 5.56. The molecule has 0 aliphatic rings. The van der Waals surface area contributed by atoms with Gasteiger partial charge in [0.05, 0.1) is 28.0 Å². The molecule has 1 heterocycles. The van der Waals surface area contributed by atoms with Crippen molar-refractivity contribution < 1.29 is 22.8 Å². The zero-order valence-corrected chi connectivity index (χ0v) is 19.4.